The molecule has 20 heavy (non-hydrogen) atoms. The third-order valence-electron chi connectivity index (χ3n) is 2.36. The number of thiocarbonyl (C=S) groups is 1. The van der Waals surface area contributed by atoms with Gasteiger partial charge in [-0.15, -0.1) is 0 Å². The maximum atomic E-state index is 12.0. The van der Waals surface area contributed by atoms with Gasteiger partial charge in [-0.25, -0.2) is 4.98 Å². The summed E-state index contributed by atoms with van der Waals surface area (Å²) < 4.78 is 0.825. The second-order valence-electron chi connectivity index (χ2n) is 3.76. The average molecular weight is 399 g/mol. The minimum absolute atomic E-state index is 0.0432. The number of nitrogens with zero attached hydrogens (tertiary/aromatic N) is 1. The van der Waals surface area contributed by atoms with Gasteiger partial charge >= 0.3 is 0 Å². The lowest BCUT2D eigenvalue weighted by Gasteiger charge is -2.10. The minimum atomic E-state index is -0.317. The van der Waals surface area contributed by atoms with Crippen molar-refractivity contribution < 1.29 is 9.90 Å². The SMILES string of the molecule is O=C(NC(=S)Nc1ncccc1O)c1ccccc1I. The number of halogens is 1. The smallest absolute Gasteiger partial charge is 0.258 e. The van der Waals surface area contributed by atoms with Gasteiger partial charge in [-0.1, -0.05) is 12.1 Å². The van der Waals surface area contributed by atoms with Crippen molar-refractivity contribution in [3.63, 3.8) is 0 Å². The fourth-order valence-corrected chi connectivity index (χ4v) is 2.27. The molecule has 0 unspecified atom stereocenters. The van der Waals surface area contributed by atoms with E-state index in [2.05, 4.69) is 38.2 Å². The fraction of sp³-hybridized carbons (Fsp3) is 0. The number of anilines is 1. The molecule has 2 rings (SSSR count). The molecule has 3 N–H and O–H groups in total. The first-order valence-corrected chi connectivity index (χ1v) is 7.07. The van der Waals surface area contributed by atoms with Crippen molar-refractivity contribution in [2.45, 2.75) is 0 Å². The molecule has 1 heterocycles. The van der Waals surface area contributed by atoms with Crippen molar-refractivity contribution in [1.29, 1.82) is 0 Å². The Morgan fingerprint density at radius 1 is 1.25 bits per heavy atom. The van der Waals surface area contributed by atoms with Crippen molar-refractivity contribution in [2.75, 3.05) is 5.32 Å². The van der Waals surface area contributed by atoms with E-state index in [-0.39, 0.29) is 22.6 Å². The third kappa shape index (κ3) is 3.64. The van der Waals surface area contributed by atoms with Crippen molar-refractivity contribution in [3.05, 3.63) is 51.7 Å². The van der Waals surface area contributed by atoms with E-state index in [9.17, 15) is 9.90 Å². The molecule has 0 spiro atoms. The van der Waals surface area contributed by atoms with E-state index in [1.165, 1.54) is 12.3 Å². The Labute approximate surface area is 134 Å². The molecule has 0 saturated carbocycles. The first-order valence-electron chi connectivity index (χ1n) is 5.59. The Morgan fingerprint density at radius 3 is 2.70 bits per heavy atom. The molecule has 0 radical (unpaired) electrons. The number of nitrogens with one attached hydrogen (secondary N) is 2. The molecule has 0 atom stereocenters. The van der Waals surface area contributed by atoms with E-state index in [0.717, 1.165) is 3.57 Å². The number of benzene rings is 1. The van der Waals surface area contributed by atoms with Gasteiger partial charge in [0.15, 0.2) is 16.7 Å². The Balaban J connectivity index is 2.04. The van der Waals surface area contributed by atoms with Gasteiger partial charge in [-0.2, -0.15) is 0 Å². The van der Waals surface area contributed by atoms with Crippen molar-refractivity contribution in [1.82, 2.24) is 10.3 Å². The summed E-state index contributed by atoms with van der Waals surface area (Å²) in [5.41, 5.74) is 0.530. The number of aromatic hydroxyl groups is 1. The molecule has 0 bridgehead atoms. The van der Waals surface area contributed by atoms with E-state index in [4.69, 9.17) is 12.2 Å². The molecular formula is C13H10IN3O2S. The summed E-state index contributed by atoms with van der Waals surface area (Å²) in [7, 11) is 0. The molecule has 1 aromatic heterocycles. The molecule has 5 nitrogen and oxygen atoms in total. The Hall–Kier alpha value is -1.74. The zero-order chi connectivity index (χ0) is 14.5. The number of pyridine rings is 1. The summed E-state index contributed by atoms with van der Waals surface area (Å²) in [4.78, 5) is 15.9. The van der Waals surface area contributed by atoms with E-state index in [1.807, 2.05) is 12.1 Å². The number of amides is 1. The van der Waals surface area contributed by atoms with Crippen LogP contribution in [0.2, 0.25) is 0 Å². The predicted molar refractivity (Wildman–Crippen MR) is 88.7 cm³/mol. The summed E-state index contributed by atoms with van der Waals surface area (Å²) in [6, 6.07) is 10.2. The number of carbonyl (C=O) groups excluding carboxylic acids is 1. The largest absolute Gasteiger partial charge is 0.504 e. The normalized spacial score (nSPS) is 9.85. The number of hydrogen-bond acceptors (Lipinski definition) is 4. The maximum absolute atomic E-state index is 12.0. The Morgan fingerprint density at radius 2 is 2.00 bits per heavy atom. The molecule has 1 amide bonds. The number of rotatable bonds is 2. The molecule has 102 valence electrons. The van der Waals surface area contributed by atoms with E-state index < -0.39 is 0 Å². The minimum Gasteiger partial charge on any atom is -0.504 e. The molecule has 0 saturated heterocycles. The molecule has 2 aromatic rings. The standard InChI is InChI=1S/C13H10IN3O2S/c14-9-5-2-1-4-8(9)12(19)17-13(20)16-11-10(18)6-3-7-15-11/h1-7,18H,(H2,15,16,17,19,20). The highest BCUT2D eigenvalue weighted by Crippen LogP contribution is 2.18. The first-order chi connectivity index (χ1) is 9.58. The van der Waals surface area contributed by atoms with Gasteiger partial charge in [0.2, 0.25) is 0 Å². The van der Waals surface area contributed by atoms with Gasteiger partial charge in [0.25, 0.3) is 5.91 Å². The van der Waals surface area contributed by atoms with Crippen LogP contribution in [0.15, 0.2) is 42.6 Å². The summed E-state index contributed by atoms with van der Waals surface area (Å²) in [5.74, 6) is -0.165. The monoisotopic (exact) mass is 399 g/mol. The van der Waals surface area contributed by atoms with Crippen LogP contribution >= 0.6 is 34.8 Å². The zero-order valence-corrected chi connectivity index (χ0v) is 13.1. The molecule has 0 aliphatic heterocycles. The highest BCUT2D eigenvalue weighted by atomic mass is 127. The second-order valence-corrected chi connectivity index (χ2v) is 5.33. The zero-order valence-electron chi connectivity index (χ0n) is 10.1. The summed E-state index contributed by atoms with van der Waals surface area (Å²) >= 11 is 7.09. The average Bonchev–Trinajstić information content (AvgIpc) is 2.41. The van der Waals surface area contributed by atoms with Gasteiger partial charge in [0.1, 0.15) is 0 Å². The van der Waals surface area contributed by atoms with Crippen LogP contribution in [-0.4, -0.2) is 21.1 Å². The molecule has 7 heteroatoms. The van der Waals surface area contributed by atoms with Crippen LogP contribution in [-0.2, 0) is 0 Å². The highest BCUT2D eigenvalue weighted by molar-refractivity contribution is 14.1. The Bertz CT molecular complexity index is 664. The summed E-state index contributed by atoms with van der Waals surface area (Å²) in [6.07, 6.45) is 1.51. The van der Waals surface area contributed by atoms with Crippen LogP contribution in [0.5, 0.6) is 5.75 Å². The van der Waals surface area contributed by atoms with Crippen LogP contribution in [0.4, 0.5) is 5.82 Å². The number of hydrogen-bond donors (Lipinski definition) is 3. The quantitative estimate of drug-likeness (QED) is 0.535. The van der Waals surface area contributed by atoms with Crippen molar-refractivity contribution in [3.8, 4) is 5.75 Å². The van der Waals surface area contributed by atoms with Crippen LogP contribution < -0.4 is 10.6 Å². The van der Waals surface area contributed by atoms with E-state index >= 15 is 0 Å². The third-order valence-corrected chi connectivity index (χ3v) is 3.51. The first kappa shape index (κ1) is 14.7. The van der Waals surface area contributed by atoms with Crippen LogP contribution in [0, 0.1) is 3.57 Å². The lowest BCUT2D eigenvalue weighted by atomic mass is 10.2. The maximum Gasteiger partial charge on any atom is 0.258 e. The lowest BCUT2D eigenvalue weighted by molar-refractivity contribution is 0.0977. The summed E-state index contributed by atoms with van der Waals surface area (Å²) in [5, 5.41) is 14.8. The topological polar surface area (TPSA) is 74.2 Å². The van der Waals surface area contributed by atoms with Crippen LogP contribution in [0.1, 0.15) is 10.4 Å². The van der Waals surface area contributed by atoms with Gasteiger partial charge in [0.05, 0.1) is 5.56 Å². The predicted octanol–water partition coefficient (Wildman–Crippen LogP) is 2.52. The second kappa shape index (κ2) is 6.62. The fourth-order valence-electron chi connectivity index (χ4n) is 1.45. The van der Waals surface area contributed by atoms with Crippen molar-refractivity contribution >= 4 is 51.6 Å². The van der Waals surface area contributed by atoms with Gasteiger partial charge in [-0.3, -0.25) is 10.1 Å². The van der Waals surface area contributed by atoms with Crippen molar-refractivity contribution in [2.24, 2.45) is 0 Å². The molecule has 1 aromatic carbocycles. The van der Waals surface area contributed by atoms with Gasteiger partial charge in [0, 0.05) is 9.77 Å². The van der Waals surface area contributed by atoms with E-state index in [1.54, 1.807) is 18.2 Å². The van der Waals surface area contributed by atoms with E-state index in [0.29, 0.717) is 5.56 Å². The number of aromatic nitrogens is 1. The van der Waals surface area contributed by atoms with Gasteiger partial charge in [-0.05, 0) is 59.1 Å². The van der Waals surface area contributed by atoms with Crippen LogP contribution in [0.3, 0.4) is 0 Å². The molecule has 0 aliphatic carbocycles. The highest BCUT2D eigenvalue weighted by Gasteiger charge is 2.11. The Kier molecular flexibility index (Phi) is 4.85. The summed E-state index contributed by atoms with van der Waals surface area (Å²) in [6.45, 7) is 0. The lowest BCUT2D eigenvalue weighted by Crippen LogP contribution is -2.34. The van der Waals surface area contributed by atoms with Crippen LogP contribution in [0.25, 0.3) is 0 Å². The molecule has 0 aliphatic rings. The van der Waals surface area contributed by atoms with Gasteiger partial charge < -0.3 is 10.4 Å². The number of carbonyl (C=O) groups is 1. The molecular weight excluding hydrogens is 389 g/mol. The molecule has 0 fully saturated rings.